The lowest BCUT2D eigenvalue weighted by Crippen LogP contribution is -2.30. The highest BCUT2D eigenvalue weighted by molar-refractivity contribution is 5.94. The van der Waals surface area contributed by atoms with E-state index < -0.39 is 6.10 Å². The van der Waals surface area contributed by atoms with Crippen LogP contribution in [0.25, 0.3) is 0 Å². The van der Waals surface area contributed by atoms with Crippen LogP contribution < -0.4 is 14.8 Å². The molecular formula is C22H27NO4. The summed E-state index contributed by atoms with van der Waals surface area (Å²) in [7, 11) is 0. The summed E-state index contributed by atoms with van der Waals surface area (Å²) in [6.45, 7) is 5.18. The minimum Gasteiger partial charge on any atom is -0.491 e. The standard InChI is InChI=1S/C22H27NO4/c1-3-17-9-11-19(12-10-17)27-16(2)22(24)23-18-6-4-7-20(14-18)26-15-21-8-5-13-25-21/h4,6-7,9-12,14,16,21H,3,5,8,13,15H2,1-2H3,(H,23,24)/t16-,21-/m0/s1. The summed E-state index contributed by atoms with van der Waals surface area (Å²) >= 11 is 0. The molecule has 144 valence electrons. The van der Waals surface area contributed by atoms with Crippen molar-refractivity contribution in [3.63, 3.8) is 0 Å². The number of hydrogen-bond donors (Lipinski definition) is 1. The normalized spacial score (nSPS) is 17.3. The Morgan fingerprint density at radius 3 is 2.74 bits per heavy atom. The van der Waals surface area contributed by atoms with Crippen LogP contribution in [0.3, 0.4) is 0 Å². The van der Waals surface area contributed by atoms with Crippen LogP contribution in [0.1, 0.15) is 32.3 Å². The average molecular weight is 369 g/mol. The second-order valence-electron chi connectivity index (χ2n) is 6.72. The second-order valence-corrected chi connectivity index (χ2v) is 6.72. The average Bonchev–Trinajstić information content (AvgIpc) is 3.21. The van der Waals surface area contributed by atoms with Gasteiger partial charge in [0.15, 0.2) is 6.10 Å². The number of benzene rings is 2. The highest BCUT2D eigenvalue weighted by atomic mass is 16.5. The van der Waals surface area contributed by atoms with Crippen molar-refractivity contribution in [3.05, 3.63) is 54.1 Å². The molecule has 2 aromatic carbocycles. The molecule has 1 saturated heterocycles. The lowest BCUT2D eigenvalue weighted by molar-refractivity contribution is -0.122. The van der Waals surface area contributed by atoms with Crippen molar-refractivity contribution in [1.82, 2.24) is 0 Å². The zero-order chi connectivity index (χ0) is 19.1. The molecule has 1 fully saturated rings. The fourth-order valence-corrected chi connectivity index (χ4v) is 2.93. The van der Waals surface area contributed by atoms with Gasteiger partial charge in [0, 0.05) is 18.4 Å². The SMILES string of the molecule is CCc1ccc(O[C@@H](C)C(=O)Nc2cccc(OC[C@@H]3CCCO3)c2)cc1. The van der Waals surface area contributed by atoms with E-state index in [4.69, 9.17) is 14.2 Å². The van der Waals surface area contributed by atoms with Crippen molar-refractivity contribution in [2.75, 3.05) is 18.5 Å². The maximum absolute atomic E-state index is 12.4. The van der Waals surface area contributed by atoms with Gasteiger partial charge in [-0.2, -0.15) is 0 Å². The van der Waals surface area contributed by atoms with E-state index in [2.05, 4.69) is 12.2 Å². The Kier molecular flexibility index (Phi) is 6.71. The van der Waals surface area contributed by atoms with Crippen LogP contribution in [0.5, 0.6) is 11.5 Å². The topological polar surface area (TPSA) is 56.8 Å². The van der Waals surface area contributed by atoms with Crippen molar-refractivity contribution >= 4 is 11.6 Å². The van der Waals surface area contributed by atoms with E-state index >= 15 is 0 Å². The summed E-state index contributed by atoms with van der Waals surface area (Å²) in [5.41, 5.74) is 1.92. The third-order valence-corrected chi connectivity index (χ3v) is 4.58. The van der Waals surface area contributed by atoms with Crippen LogP contribution in [-0.2, 0) is 16.0 Å². The molecule has 1 aliphatic heterocycles. The molecule has 2 atom stereocenters. The lowest BCUT2D eigenvalue weighted by Gasteiger charge is -2.16. The van der Waals surface area contributed by atoms with Crippen molar-refractivity contribution in [1.29, 1.82) is 0 Å². The van der Waals surface area contributed by atoms with Gasteiger partial charge in [-0.1, -0.05) is 25.1 Å². The van der Waals surface area contributed by atoms with Gasteiger partial charge in [0.2, 0.25) is 0 Å². The summed E-state index contributed by atoms with van der Waals surface area (Å²) < 4.78 is 17.1. The van der Waals surface area contributed by atoms with E-state index in [-0.39, 0.29) is 12.0 Å². The summed E-state index contributed by atoms with van der Waals surface area (Å²) in [4.78, 5) is 12.4. The number of nitrogens with one attached hydrogen (secondary N) is 1. The molecule has 5 heteroatoms. The van der Waals surface area contributed by atoms with Crippen LogP contribution in [0.4, 0.5) is 5.69 Å². The van der Waals surface area contributed by atoms with E-state index in [1.165, 1.54) is 5.56 Å². The molecule has 1 amide bonds. The Balaban J connectivity index is 1.52. The molecule has 1 N–H and O–H groups in total. The van der Waals surface area contributed by atoms with Gasteiger partial charge in [-0.15, -0.1) is 0 Å². The van der Waals surface area contributed by atoms with Gasteiger partial charge in [-0.3, -0.25) is 4.79 Å². The van der Waals surface area contributed by atoms with Crippen LogP contribution in [0, 0.1) is 0 Å². The van der Waals surface area contributed by atoms with Crippen molar-refractivity contribution in [2.24, 2.45) is 0 Å². The Morgan fingerprint density at radius 2 is 2.04 bits per heavy atom. The number of carbonyl (C=O) groups is 1. The number of rotatable bonds is 8. The molecule has 0 saturated carbocycles. The molecule has 0 unspecified atom stereocenters. The van der Waals surface area contributed by atoms with E-state index in [1.54, 1.807) is 6.92 Å². The van der Waals surface area contributed by atoms with Gasteiger partial charge in [0.05, 0.1) is 6.10 Å². The largest absolute Gasteiger partial charge is 0.491 e. The smallest absolute Gasteiger partial charge is 0.265 e. The van der Waals surface area contributed by atoms with Crippen LogP contribution >= 0.6 is 0 Å². The van der Waals surface area contributed by atoms with Crippen molar-refractivity contribution in [2.45, 2.75) is 45.3 Å². The molecule has 0 aliphatic carbocycles. The number of ether oxygens (including phenoxy) is 3. The molecule has 0 aromatic heterocycles. The predicted molar refractivity (Wildman–Crippen MR) is 105 cm³/mol. The number of carbonyl (C=O) groups excluding carboxylic acids is 1. The first-order chi connectivity index (χ1) is 13.1. The molecule has 2 aromatic rings. The van der Waals surface area contributed by atoms with Crippen LogP contribution in [0.15, 0.2) is 48.5 Å². The van der Waals surface area contributed by atoms with E-state index in [0.717, 1.165) is 25.9 Å². The number of anilines is 1. The van der Waals surface area contributed by atoms with Gasteiger partial charge >= 0.3 is 0 Å². The molecule has 5 nitrogen and oxygen atoms in total. The number of aryl methyl sites for hydroxylation is 1. The number of hydrogen-bond acceptors (Lipinski definition) is 4. The summed E-state index contributed by atoms with van der Waals surface area (Å²) in [6, 6.07) is 15.2. The van der Waals surface area contributed by atoms with Crippen molar-refractivity contribution in [3.8, 4) is 11.5 Å². The Bertz CT molecular complexity index is 738. The van der Waals surface area contributed by atoms with Crippen molar-refractivity contribution < 1.29 is 19.0 Å². The molecule has 0 bridgehead atoms. The van der Waals surface area contributed by atoms with E-state index in [9.17, 15) is 4.79 Å². The maximum Gasteiger partial charge on any atom is 0.265 e. The first-order valence-electron chi connectivity index (χ1n) is 9.55. The van der Waals surface area contributed by atoms with Gasteiger partial charge in [0.25, 0.3) is 5.91 Å². The summed E-state index contributed by atoms with van der Waals surface area (Å²) in [5, 5.41) is 2.88. The fourth-order valence-electron chi connectivity index (χ4n) is 2.93. The van der Waals surface area contributed by atoms with Gasteiger partial charge in [0.1, 0.15) is 18.1 Å². The third-order valence-electron chi connectivity index (χ3n) is 4.58. The van der Waals surface area contributed by atoms with Gasteiger partial charge in [-0.25, -0.2) is 0 Å². The molecular weight excluding hydrogens is 342 g/mol. The molecule has 3 rings (SSSR count). The molecule has 0 radical (unpaired) electrons. The monoisotopic (exact) mass is 369 g/mol. The quantitative estimate of drug-likeness (QED) is 0.757. The molecule has 0 spiro atoms. The first-order valence-corrected chi connectivity index (χ1v) is 9.55. The van der Waals surface area contributed by atoms with Gasteiger partial charge < -0.3 is 19.5 Å². The lowest BCUT2D eigenvalue weighted by atomic mass is 10.2. The number of amides is 1. The first kappa shape index (κ1) is 19.2. The highest BCUT2D eigenvalue weighted by Crippen LogP contribution is 2.20. The summed E-state index contributed by atoms with van der Waals surface area (Å²) in [5.74, 6) is 1.20. The Morgan fingerprint density at radius 1 is 1.22 bits per heavy atom. The molecule has 1 aliphatic rings. The highest BCUT2D eigenvalue weighted by Gasteiger charge is 2.17. The van der Waals surface area contributed by atoms with Crippen LogP contribution in [-0.4, -0.2) is 31.3 Å². The van der Waals surface area contributed by atoms with Crippen LogP contribution in [0.2, 0.25) is 0 Å². The Hall–Kier alpha value is -2.53. The van der Waals surface area contributed by atoms with E-state index in [0.29, 0.717) is 23.8 Å². The second kappa shape index (κ2) is 9.42. The maximum atomic E-state index is 12.4. The fraction of sp³-hybridized carbons (Fsp3) is 0.409. The Labute approximate surface area is 160 Å². The molecule has 1 heterocycles. The predicted octanol–water partition coefficient (Wildman–Crippen LogP) is 4.21. The third kappa shape index (κ3) is 5.73. The minimum absolute atomic E-state index is 0.163. The zero-order valence-electron chi connectivity index (χ0n) is 15.9. The summed E-state index contributed by atoms with van der Waals surface area (Å²) in [6.07, 6.45) is 2.65. The zero-order valence-corrected chi connectivity index (χ0v) is 15.9. The van der Waals surface area contributed by atoms with E-state index in [1.807, 2.05) is 48.5 Å². The minimum atomic E-state index is -0.603. The molecule has 27 heavy (non-hydrogen) atoms. The van der Waals surface area contributed by atoms with Gasteiger partial charge in [-0.05, 0) is 56.0 Å².